The first-order chi connectivity index (χ1) is 10.5. The molecule has 110 valence electrons. The third kappa shape index (κ3) is 2.34. The number of halogens is 1. The van der Waals surface area contributed by atoms with Crippen LogP contribution in [-0.4, -0.2) is 15.1 Å². The van der Waals surface area contributed by atoms with E-state index in [9.17, 15) is 14.8 Å². The molecule has 0 radical (unpaired) electrons. The zero-order valence-electron chi connectivity index (χ0n) is 12.2. The van der Waals surface area contributed by atoms with E-state index in [0.29, 0.717) is 16.7 Å². The number of hydrogen-bond donors (Lipinski definition) is 2. The number of aliphatic hydroxyl groups is 1. The maximum Gasteiger partial charge on any atom is 0.125 e. The molecule has 3 aromatic rings. The lowest BCUT2D eigenvalue weighted by Gasteiger charge is -2.14. The molecule has 0 spiro atoms. The molecule has 2 aromatic carbocycles. The average molecular weight is 295 g/mol. The second kappa shape index (κ2) is 5.24. The SMILES string of the molecule is Cc1nc2cc(-c3cc(F)cc(C#N)c3C(C)O)ccc2[nH]1. The minimum absolute atomic E-state index is 0.142. The topological polar surface area (TPSA) is 72.7 Å². The van der Waals surface area contributed by atoms with Crippen molar-refractivity contribution in [3.8, 4) is 17.2 Å². The zero-order chi connectivity index (χ0) is 15.9. The summed E-state index contributed by atoms with van der Waals surface area (Å²) in [5, 5.41) is 19.2. The van der Waals surface area contributed by atoms with E-state index in [1.807, 2.05) is 31.2 Å². The summed E-state index contributed by atoms with van der Waals surface area (Å²) in [6, 6.07) is 9.92. The first kappa shape index (κ1) is 14.2. The normalized spacial score (nSPS) is 12.3. The molecule has 1 unspecified atom stereocenters. The second-order valence-corrected chi connectivity index (χ2v) is 5.26. The van der Waals surface area contributed by atoms with Gasteiger partial charge in [0.25, 0.3) is 0 Å². The molecule has 5 heteroatoms. The molecule has 0 bridgehead atoms. The van der Waals surface area contributed by atoms with Gasteiger partial charge in [-0.2, -0.15) is 5.26 Å². The van der Waals surface area contributed by atoms with E-state index >= 15 is 0 Å². The Morgan fingerprint density at radius 2 is 2.09 bits per heavy atom. The van der Waals surface area contributed by atoms with E-state index in [1.165, 1.54) is 6.07 Å². The molecule has 0 aliphatic rings. The highest BCUT2D eigenvalue weighted by molar-refractivity contribution is 5.83. The summed E-state index contributed by atoms with van der Waals surface area (Å²) in [6.45, 7) is 3.42. The number of nitrogens with one attached hydrogen (secondary N) is 1. The maximum atomic E-state index is 13.8. The van der Waals surface area contributed by atoms with Crippen LogP contribution in [0.3, 0.4) is 0 Å². The molecule has 2 N–H and O–H groups in total. The van der Waals surface area contributed by atoms with Crippen molar-refractivity contribution in [2.45, 2.75) is 20.0 Å². The van der Waals surface area contributed by atoms with E-state index in [0.717, 1.165) is 22.9 Å². The van der Waals surface area contributed by atoms with Crippen molar-refractivity contribution < 1.29 is 9.50 Å². The molecule has 0 aliphatic carbocycles. The molecule has 0 aliphatic heterocycles. The summed E-state index contributed by atoms with van der Waals surface area (Å²) >= 11 is 0. The van der Waals surface area contributed by atoms with Crippen LogP contribution in [0.25, 0.3) is 22.2 Å². The van der Waals surface area contributed by atoms with Gasteiger partial charge in [-0.1, -0.05) is 6.07 Å². The maximum absolute atomic E-state index is 13.8. The predicted molar refractivity (Wildman–Crippen MR) is 81.6 cm³/mol. The fourth-order valence-corrected chi connectivity index (χ4v) is 2.70. The zero-order valence-corrected chi connectivity index (χ0v) is 12.2. The number of fused-ring (bicyclic) bond motifs is 1. The lowest BCUT2D eigenvalue weighted by atomic mass is 9.92. The first-order valence-corrected chi connectivity index (χ1v) is 6.88. The summed E-state index contributed by atoms with van der Waals surface area (Å²) in [5.74, 6) is 0.286. The number of rotatable bonds is 2. The molecule has 1 heterocycles. The number of benzene rings is 2. The fourth-order valence-electron chi connectivity index (χ4n) is 2.70. The van der Waals surface area contributed by atoms with Crippen LogP contribution >= 0.6 is 0 Å². The Bertz CT molecular complexity index is 906. The number of nitrogens with zero attached hydrogens (tertiary/aromatic N) is 2. The summed E-state index contributed by atoms with van der Waals surface area (Å²) in [5.41, 5.74) is 3.44. The Morgan fingerprint density at radius 3 is 2.77 bits per heavy atom. The van der Waals surface area contributed by atoms with Crippen LogP contribution < -0.4 is 0 Å². The van der Waals surface area contributed by atoms with Gasteiger partial charge in [0.05, 0.1) is 28.8 Å². The van der Waals surface area contributed by atoms with Crippen molar-refractivity contribution in [3.63, 3.8) is 0 Å². The number of aromatic nitrogens is 2. The summed E-state index contributed by atoms with van der Waals surface area (Å²) in [4.78, 5) is 7.48. The molecule has 1 aromatic heterocycles. The first-order valence-electron chi connectivity index (χ1n) is 6.88. The third-order valence-corrected chi connectivity index (χ3v) is 3.60. The lowest BCUT2D eigenvalue weighted by molar-refractivity contribution is 0.199. The van der Waals surface area contributed by atoms with E-state index in [1.54, 1.807) is 6.92 Å². The van der Waals surface area contributed by atoms with Crippen molar-refractivity contribution in [1.29, 1.82) is 5.26 Å². The van der Waals surface area contributed by atoms with E-state index in [2.05, 4.69) is 9.97 Å². The van der Waals surface area contributed by atoms with Crippen LogP contribution in [0.15, 0.2) is 30.3 Å². The van der Waals surface area contributed by atoms with Gasteiger partial charge in [-0.3, -0.25) is 0 Å². The monoisotopic (exact) mass is 295 g/mol. The fraction of sp³-hybridized carbons (Fsp3) is 0.176. The molecule has 22 heavy (non-hydrogen) atoms. The number of aliphatic hydroxyl groups excluding tert-OH is 1. The number of nitriles is 1. The standard InChI is InChI=1S/C17H14FN3O/c1-9(22)17-12(8-19)5-13(18)7-14(17)11-3-4-15-16(6-11)21-10(2)20-15/h3-7,9,22H,1-2H3,(H,20,21). The van der Waals surface area contributed by atoms with Gasteiger partial charge in [0.2, 0.25) is 0 Å². The van der Waals surface area contributed by atoms with E-state index in [4.69, 9.17) is 0 Å². The molecule has 3 rings (SSSR count). The average Bonchev–Trinajstić information content (AvgIpc) is 2.84. The highest BCUT2D eigenvalue weighted by atomic mass is 19.1. The van der Waals surface area contributed by atoms with Gasteiger partial charge in [-0.25, -0.2) is 9.37 Å². The summed E-state index contributed by atoms with van der Waals surface area (Å²) < 4.78 is 13.8. The highest BCUT2D eigenvalue weighted by Crippen LogP contribution is 2.33. The molecular formula is C17H14FN3O. The minimum Gasteiger partial charge on any atom is -0.389 e. The van der Waals surface area contributed by atoms with Crippen molar-refractivity contribution in [2.24, 2.45) is 0 Å². The Morgan fingerprint density at radius 1 is 1.32 bits per heavy atom. The van der Waals surface area contributed by atoms with Crippen LogP contribution in [0.4, 0.5) is 4.39 Å². The molecule has 0 fully saturated rings. The molecule has 1 atom stereocenters. The van der Waals surface area contributed by atoms with Crippen LogP contribution in [0.1, 0.15) is 30.0 Å². The van der Waals surface area contributed by atoms with Crippen molar-refractivity contribution >= 4 is 11.0 Å². The summed E-state index contributed by atoms with van der Waals surface area (Å²) in [7, 11) is 0. The van der Waals surface area contributed by atoms with Gasteiger partial charge in [-0.05, 0) is 49.2 Å². The Labute approximate surface area is 126 Å². The number of hydrogen-bond acceptors (Lipinski definition) is 3. The number of aromatic amines is 1. The minimum atomic E-state index is -0.873. The quantitative estimate of drug-likeness (QED) is 0.758. The molecule has 0 saturated carbocycles. The highest BCUT2D eigenvalue weighted by Gasteiger charge is 2.17. The summed E-state index contributed by atoms with van der Waals surface area (Å²) in [6.07, 6.45) is -0.873. The lowest BCUT2D eigenvalue weighted by Crippen LogP contribution is -2.00. The third-order valence-electron chi connectivity index (χ3n) is 3.60. The molecular weight excluding hydrogens is 281 g/mol. The van der Waals surface area contributed by atoms with Gasteiger partial charge < -0.3 is 10.1 Å². The predicted octanol–water partition coefficient (Wildman–Crippen LogP) is 3.60. The van der Waals surface area contributed by atoms with Crippen LogP contribution in [0.5, 0.6) is 0 Å². The van der Waals surface area contributed by atoms with Crippen LogP contribution in [-0.2, 0) is 0 Å². The van der Waals surface area contributed by atoms with Crippen LogP contribution in [0, 0.1) is 24.1 Å². The van der Waals surface area contributed by atoms with E-state index < -0.39 is 11.9 Å². The van der Waals surface area contributed by atoms with Gasteiger partial charge in [0.1, 0.15) is 11.6 Å². The van der Waals surface area contributed by atoms with Gasteiger partial charge in [-0.15, -0.1) is 0 Å². The number of H-pyrrole nitrogens is 1. The Kier molecular flexibility index (Phi) is 3.39. The smallest absolute Gasteiger partial charge is 0.125 e. The number of imidazole rings is 1. The molecule has 4 nitrogen and oxygen atoms in total. The number of aryl methyl sites for hydroxylation is 1. The Balaban J connectivity index is 2.29. The van der Waals surface area contributed by atoms with E-state index in [-0.39, 0.29) is 5.56 Å². The molecule has 0 amide bonds. The van der Waals surface area contributed by atoms with Gasteiger partial charge in [0, 0.05) is 5.56 Å². The van der Waals surface area contributed by atoms with Gasteiger partial charge >= 0.3 is 0 Å². The largest absolute Gasteiger partial charge is 0.389 e. The second-order valence-electron chi connectivity index (χ2n) is 5.26. The van der Waals surface area contributed by atoms with Crippen molar-refractivity contribution in [1.82, 2.24) is 9.97 Å². The van der Waals surface area contributed by atoms with Gasteiger partial charge in [0.15, 0.2) is 0 Å². The Hall–Kier alpha value is -2.71. The molecule has 0 saturated heterocycles. The van der Waals surface area contributed by atoms with Crippen molar-refractivity contribution in [3.05, 3.63) is 53.1 Å². The van der Waals surface area contributed by atoms with Crippen molar-refractivity contribution in [2.75, 3.05) is 0 Å². The van der Waals surface area contributed by atoms with Crippen LogP contribution in [0.2, 0.25) is 0 Å².